The number of hydrogen-bond donors (Lipinski definition) is 1. The minimum Gasteiger partial charge on any atom is -0.361 e. The van der Waals surface area contributed by atoms with Gasteiger partial charge in [-0.15, -0.1) is 0 Å². The van der Waals surface area contributed by atoms with E-state index in [2.05, 4.69) is 4.98 Å². The average molecular weight is 233 g/mol. The average Bonchev–Trinajstić information content (AvgIpc) is 2.16. The first-order chi connectivity index (χ1) is 7.32. The third kappa shape index (κ3) is 2.85. The number of nitrogens with zero attached hydrogens (tertiary/aromatic N) is 2. The normalized spacial score (nSPS) is 11.1. The van der Waals surface area contributed by atoms with Crippen LogP contribution in [-0.4, -0.2) is 31.2 Å². The van der Waals surface area contributed by atoms with Gasteiger partial charge in [-0.3, -0.25) is 4.79 Å². The number of anilines is 2. The van der Waals surface area contributed by atoms with Gasteiger partial charge in [0.15, 0.2) is 5.82 Å². The van der Waals surface area contributed by atoms with Crippen LogP contribution in [0.4, 0.5) is 24.7 Å². The molecule has 0 fully saturated rings. The molecule has 0 atom stereocenters. The molecule has 1 aromatic heterocycles. The van der Waals surface area contributed by atoms with Crippen LogP contribution in [0.15, 0.2) is 18.3 Å². The van der Waals surface area contributed by atoms with Gasteiger partial charge in [-0.25, -0.2) is 4.98 Å². The fourth-order valence-corrected chi connectivity index (χ4v) is 1.04. The zero-order valence-corrected chi connectivity index (χ0v) is 8.67. The van der Waals surface area contributed by atoms with E-state index in [1.165, 1.54) is 23.2 Å². The summed E-state index contributed by atoms with van der Waals surface area (Å²) in [5.41, 5.74) is 0.0230. The molecule has 88 valence electrons. The molecule has 0 aliphatic rings. The van der Waals surface area contributed by atoms with Gasteiger partial charge in [0, 0.05) is 20.3 Å². The Kier molecular flexibility index (Phi) is 3.36. The van der Waals surface area contributed by atoms with Gasteiger partial charge in [-0.05, 0) is 12.1 Å². The predicted molar refractivity (Wildman–Crippen MR) is 53.2 cm³/mol. The first-order valence-corrected chi connectivity index (χ1v) is 4.33. The standard InChI is InChI=1S/C9H10F3N3O/c1-15(2)7-6(4-3-5-13-7)14-8(16)9(10,11)12/h3-5H,1-2H3,(H,14,16). The number of carbonyl (C=O) groups is 1. The summed E-state index contributed by atoms with van der Waals surface area (Å²) in [7, 11) is 3.23. The van der Waals surface area contributed by atoms with Crippen LogP contribution in [0.1, 0.15) is 0 Å². The Labute approximate surface area is 90.1 Å². The summed E-state index contributed by atoms with van der Waals surface area (Å²) in [5.74, 6) is -1.75. The number of halogens is 3. The molecule has 0 aliphatic carbocycles. The van der Waals surface area contributed by atoms with Gasteiger partial charge in [-0.1, -0.05) is 0 Å². The Balaban J connectivity index is 2.94. The summed E-state index contributed by atoms with van der Waals surface area (Å²) in [4.78, 5) is 16.1. The van der Waals surface area contributed by atoms with E-state index in [1.54, 1.807) is 19.4 Å². The van der Waals surface area contributed by atoms with E-state index in [4.69, 9.17) is 0 Å². The minimum absolute atomic E-state index is 0.0230. The number of amides is 1. The smallest absolute Gasteiger partial charge is 0.361 e. The van der Waals surface area contributed by atoms with Crippen molar-refractivity contribution in [1.82, 2.24) is 4.98 Å². The lowest BCUT2D eigenvalue weighted by Gasteiger charge is -2.16. The van der Waals surface area contributed by atoms with Crippen molar-refractivity contribution >= 4 is 17.4 Å². The Morgan fingerprint density at radius 2 is 2.06 bits per heavy atom. The monoisotopic (exact) mass is 233 g/mol. The molecule has 0 radical (unpaired) electrons. The molecule has 16 heavy (non-hydrogen) atoms. The fourth-order valence-electron chi connectivity index (χ4n) is 1.04. The van der Waals surface area contributed by atoms with Gasteiger partial charge < -0.3 is 10.2 Å². The van der Waals surface area contributed by atoms with Crippen LogP contribution in [0, 0.1) is 0 Å². The molecule has 1 aromatic rings. The van der Waals surface area contributed by atoms with Crippen molar-refractivity contribution in [2.45, 2.75) is 6.18 Å². The van der Waals surface area contributed by atoms with Gasteiger partial charge >= 0.3 is 12.1 Å². The van der Waals surface area contributed by atoms with Crippen molar-refractivity contribution in [2.75, 3.05) is 24.3 Å². The highest BCUT2D eigenvalue weighted by molar-refractivity contribution is 5.97. The van der Waals surface area contributed by atoms with Crippen LogP contribution in [0.5, 0.6) is 0 Å². The first-order valence-electron chi connectivity index (χ1n) is 4.33. The molecule has 1 N–H and O–H groups in total. The highest BCUT2D eigenvalue weighted by Gasteiger charge is 2.39. The number of alkyl halides is 3. The van der Waals surface area contributed by atoms with Crippen molar-refractivity contribution in [1.29, 1.82) is 0 Å². The lowest BCUT2D eigenvalue weighted by atomic mass is 10.3. The molecule has 1 rings (SSSR count). The second kappa shape index (κ2) is 4.38. The molecule has 0 unspecified atom stereocenters. The van der Waals surface area contributed by atoms with E-state index in [9.17, 15) is 18.0 Å². The van der Waals surface area contributed by atoms with E-state index in [1.807, 2.05) is 0 Å². The summed E-state index contributed by atoms with van der Waals surface area (Å²) < 4.78 is 36.1. The van der Waals surface area contributed by atoms with Crippen LogP contribution < -0.4 is 10.2 Å². The summed E-state index contributed by atoms with van der Waals surface area (Å²) in [6.07, 6.45) is -3.47. The number of nitrogens with one attached hydrogen (secondary N) is 1. The molecule has 0 saturated carbocycles. The van der Waals surface area contributed by atoms with Gasteiger partial charge in [-0.2, -0.15) is 13.2 Å². The number of hydrogen-bond acceptors (Lipinski definition) is 3. The third-order valence-electron chi connectivity index (χ3n) is 1.72. The largest absolute Gasteiger partial charge is 0.471 e. The Bertz CT molecular complexity index is 390. The molecular weight excluding hydrogens is 223 g/mol. The quantitative estimate of drug-likeness (QED) is 0.844. The molecule has 0 aliphatic heterocycles. The number of aromatic nitrogens is 1. The molecule has 0 aromatic carbocycles. The van der Waals surface area contributed by atoms with E-state index in [0.29, 0.717) is 0 Å². The topological polar surface area (TPSA) is 45.2 Å². The lowest BCUT2D eigenvalue weighted by Crippen LogP contribution is -2.30. The van der Waals surface area contributed by atoms with Crippen molar-refractivity contribution in [3.05, 3.63) is 18.3 Å². The third-order valence-corrected chi connectivity index (χ3v) is 1.72. The highest BCUT2D eigenvalue weighted by Crippen LogP contribution is 2.23. The Morgan fingerprint density at radius 1 is 1.44 bits per heavy atom. The van der Waals surface area contributed by atoms with E-state index < -0.39 is 12.1 Å². The molecule has 7 heteroatoms. The van der Waals surface area contributed by atoms with E-state index in [-0.39, 0.29) is 11.5 Å². The molecule has 1 heterocycles. The van der Waals surface area contributed by atoms with Crippen molar-refractivity contribution in [2.24, 2.45) is 0 Å². The summed E-state index contributed by atoms with van der Waals surface area (Å²) in [5, 5.41) is 1.76. The molecular formula is C9H10F3N3O. The summed E-state index contributed by atoms with van der Waals surface area (Å²) in [6.45, 7) is 0. The number of pyridine rings is 1. The molecule has 0 spiro atoms. The van der Waals surface area contributed by atoms with Crippen LogP contribution in [0.2, 0.25) is 0 Å². The van der Waals surface area contributed by atoms with E-state index in [0.717, 1.165) is 0 Å². The lowest BCUT2D eigenvalue weighted by molar-refractivity contribution is -0.167. The maximum atomic E-state index is 12.0. The van der Waals surface area contributed by atoms with Gasteiger partial charge in [0.1, 0.15) is 0 Å². The second-order valence-electron chi connectivity index (χ2n) is 3.22. The zero-order valence-electron chi connectivity index (χ0n) is 8.67. The van der Waals surface area contributed by atoms with Gasteiger partial charge in [0.2, 0.25) is 0 Å². The van der Waals surface area contributed by atoms with Crippen molar-refractivity contribution in [3.63, 3.8) is 0 Å². The predicted octanol–water partition coefficient (Wildman–Crippen LogP) is 1.65. The van der Waals surface area contributed by atoms with Crippen LogP contribution in [-0.2, 0) is 4.79 Å². The first kappa shape index (κ1) is 12.3. The van der Waals surface area contributed by atoms with Crippen LogP contribution >= 0.6 is 0 Å². The van der Waals surface area contributed by atoms with Crippen LogP contribution in [0.25, 0.3) is 0 Å². The molecule has 0 saturated heterocycles. The SMILES string of the molecule is CN(C)c1ncccc1NC(=O)C(F)(F)F. The highest BCUT2D eigenvalue weighted by atomic mass is 19.4. The zero-order chi connectivity index (χ0) is 12.3. The molecule has 0 bridgehead atoms. The van der Waals surface area contributed by atoms with E-state index >= 15 is 0 Å². The number of carbonyl (C=O) groups excluding carboxylic acids is 1. The minimum atomic E-state index is -4.90. The number of rotatable bonds is 2. The molecule has 1 amide bonds. The maximum absolute atomic E-state index is 12.0. The second-order valence-corrected chi connectivity index (χ2v) is 3.22. The maximum Gasteiger partial charge on any atom is 0.471 e. The summed E-state index contributed by atoms with van der Waals surface area (Å²) in [6, 6.07) is 2.80. The summed E-state index contributed by atoms with van der Waals surface area (Å²) >= 11 is 0. The Hall–Kier alpha value is -1.79. The van der Waals surface area contributed by atoms with Gasteiger partial charge in [0.25, 0.3) is 0 Å². The van der Waals surface area contributed by atoms with Crippen molar-refractivity contribution < 1.29 is 18.0 Å². The fraction of sp³-hybridized carbons (Fsp3) is 0.333. The van der Waals surface area contributed by atoms with Crippen molar-refractivity contribution in [3.8, 4) is 0 Å². The molecule has 4 nitrogen and oxygen atoms in total. The van der Waals surface area contributed by atoms with Gasteiger partial charge in [0.05, 0.1) is 5.69 Å². The Morgan fingerprint density at radius 3 is 2.56 bits per heavy atom. The van der Waals surface area contributed by atoms with Crippen LogP contribution in [0.3, 0.4) is 0 Å².